The first-order chi connectivity index (χ1) is 14.5. The van der Waals surface area contributed by atoms with E-state index >= 15 is 0 Å². The largest absolute Gasteiger partial charge is 0.396 e. The number of aryl methyl sites for hydroxylation is 1. The average molecular weight is 404 g/mol. The molecule has 0 spiro atoms. The Balaban J connectivity index is 1.72. The van der Waals surface area contributed by atoms with Crippen molar-refractivity contribution >= 4 is 16.6 Å². The van der Waals surface area contributed by atoms with E-state index < -0.39 is 0 Å². The third kappa shape index (κ3) is 3.70. The van der Waals surface area contributed by atoms with E-state index in [9.17, 15) is 4.79 Å². The first-order valence-electron chi connectivity index (χ1n) is 10.6. The Kier molecular flexibility index (Phi) is 5.57. The third-order valence-corrected chi connectivity index (χ3v) is 6.28. The van der Waals surface area contributed by atoms with Gasteiger partial charge >= 0.3 is 0 Å². The zero-order valence-corrected chi connectivity index (χ0v) is 17.9. The molecule has 0 amide bonds. The Morgan fingerprint density at radius 3 is 2.67 bits per heavy atom. The molecule has 156 valence electrons. The number of nitrogens with two attached hydrogens (primary N) is 1. The Morgan fingerprint density at radius 2 is 2.00 bits per heavy atom. The van der Waals surface area contributed by atoms with Gasteiger partial charge in [0.25, 0.3) is 5.56 Å². The van der Waals surface area contributed by atoms with Gasteiger partial charge < -0.3 is 11.1 Å². The summed E-state index contributed by atoms with van der Waals surface area (Å²) in [5.74, 6) is 0. The van der Waals surface area contributed by atoms with Gasteiger partial charge in [-0.05, 0) is 67.5 Å². The maximum absolute atomic E-state index is 13.2. The predicted molar refractivity (Wildman–Crippen MR) is 121 cm³/mol. The van der Waals surface area contributed by atoms with Crippen molar-refractivity contribution in [1.82, 2.24) is 19.9 Å². The Morgan fingerprint density at radius 1 is 1.23 bits per heavy atom. The SMILES string of the molecule is CN/C=C(\N)c1ccc(Cc2cc3c(=O)n(C4CCCC4)cnc3c(C)c2C)cn1. The fraction of sp³-hybridized carbons (Fsp3) is 0.375. The molecule has 1 aliphatic carbocycles. The van der Waals surface area contributed by atoms with Crippen LogP contribution in [0.2, 0.25) is 0 Å². The summed E-state index contributed by atoms with van der Waals surface area (Å²) in [5, 5.41) is 3.63. The molecule has 3 aromatic rings. The molecule has 1 saturated carbocycles. The Labute approximate surface area is 176 Å². The van der Waals surface area contributed by atoms with Gasteiger partial charge in [0.1, 0.15) is 0 Å². The molecule has 0 atom stereocenters. The molecule has 1 fully saturated rings. The summed E-state index contributed by atoms with van der Waals surface area (Å²) >= 11 is 0. The van der Waals surface area contributed by atoms with E-state index in [0.717, 1.165) is 40.7 Å². The summed E-state index contributed by atoms with van der Waals surface area (Å²) in [6.45, 7) is 4.15. The minimum Gasteiger partial charge on any atom is -0.396 e. The van der Waals surface area contributed by atoms with Gasteiger partial charge in [0, 0.05) is 25.5 Å². The van der Waals surface area contributed by atoms with Crippen molar-refractivity contribution in [1.29, 1.82) is 0 Å². The van der Waals surface area contributed by atoms with Crippen LogP contribution in [0.15, 0.2) is 41.7 Å². The highest BCUT2D eigenvalue weighted by atomic mass is 16.1. The number of hydrogen-bond acceptors (Lipinski definition) is 5. The lowest BCUT2D eigenvalue weighted by atomic mass is 9.95. The Bertz CT molecular complexity index is 1150. The number of benzene rings is 1. The maximum Gasteiger partial charge on any atom is 0.261 e. The molecule has 3 N–H and O–H groups in total. The van der Waals surface area contributed by atoms with Gasteiger partial charge in [-0.25, -0.2) is 4.98 Å². The number of aromatic nitrogens is 3. The normalized spacial score (nSPS) is 15.1. The predicted octanol–water partition coefficient (Wildman–Crippen LogP) is 3.59. The second kappa shape index (κ2) is 8.30. The Hall–Kier alpha value is -3.15. The van der Waals surface area contributed by atoms with E-state index in [1.165, 1.54) is 18.4 Å². The first-order valence-corrected chi connectivity index (χ1v) is 10.6. The van der Waals surface area contributed by atoms with Crippen molar-refractivity contribution in [2.24, 2.45) is 5.73 Å². The molecule has 30 heavy (non-hydrogen) atoms. The van der Waals surface area contributed by atoms with Crippen LogP contribution >= 0.6 is 0 Å². The number of hydrogen-bond donors (Lipinski definition) is 2. The van der Waals surface area contributed by atoms with Crippen LogP contribution in [0, 0.1) is 13.8 Å². The molecule has 6 heteroatoms. The van der Waals surface area contributed by atoms with Crippen LogP contribution in [-0.4, -0.2) is 21.6 Å². The van der Waals surface area contributed by atoms with Crippen LogP contribution in [0.25, 0.3) is 16.6 Å². The van der Waals surface area contributed by atoms with E-state index in [2.05, 4.69) is 29.1 Å². The molecule has 0 radical (unpaired) electrons. The van der Waals surface area contributed by atoms with Crippen molar-refractivity contribution in [3.8, 4) is 0 Å². The van der Waals surface area contributed by atoms with Crippen LogP contribution in [0.1, 0.15) is 59.7 Å². The number of nitrogens with zero attached hydrogens (tertiary/aromatic N) is 3. The summed E-state index contributed by atoms with van der Waals surface area (Å²) < 4.78 is 1.85. The van der Waals surface area contributed by atoms with Crippen LogP contribution in [0.4, 0.5) is 0 Å². The number of fused-ring (bicyclic) bond motifs is 1. The van der Waals surface area contributed by atoms with Gasteiger partial charge in [-0.2, -0.15) is 0 Å². The number of rotatable bonds is 5. The minimum atomic E-state index is 0.0784. The van der Waals surface area contributed by atoms with E-state index in [4.69, 9.17) is 5.73 Å². The zero-order valence-electron chi connectivity index (χ0n) is 17.9. The lowest BCUT2D eigenvalue weighted by molar-refractivity contribution is 0.499. The second-order valence-corrected chi connectivity index (χ2v) is 8.19. The summed E-state index contributed by atoms with van der Waals surface area (Å²) in [5.41, 5.74) is 12.7. The van der Waals surface area contributed by atoms with Crippen molar-refractivity contribution in [3.05, 3.63) is 75.2 Å². The fourth-order valence-corrected chi connectivity index (χ4v) is 4.39. The summed E-state index contributed by atoms with van der Waals surface area (Å²) in [4.78, 5) is 22.4. The molecule has 1 aromatic carbocycles. The van der Waals surface area contributed by atoms with Gasteiger partial charge in [-0.3, -0.25) is 14.3 Å². The van der Waals surface area contributed by atoms with E-state index in [1.807, 2.05) is 36.0 Å². The second-order valence-electron chi connectivity index (χ2n) is 8.19. The molecule has 4 rings (SSSR count). The van der Waals surface area contributed by atoms with Crippen molar-refractivity contribution in [2.45, 2.75) is 52.0 Å². The van der Waals surface area contributed by atoms with Gasteiger partial charge in [-0.1, -0.05) is 18.9 Å². The highest BCUT2D eigenvalue weighted by molar-refractivity contribution is 5.83. The van der Waals surface area contributed by atoms with Gasteiger partial charge in [0.05, 0.1) is 28.6 Å². The van der Waals surface area contributed by atoms with Crippen LogP contribution in [0.5, 0.6) is 0 Å². The third-order valence-electron chi connectivity index (χ3n) is 6.28. The van der Waals surface area contributed by atoms with E-state index in [-0.39, 0.29) is 11.6 Å². The zero-order chi connectivity index (χ0) is 21.3. The monoisotopic (exact) mass is 403 g/mol. The quantitative estimate of drug-likeness (QED) is 0.680. The average Bonchev–Trinajstić information content (AvgIpc) is 3.28. The van der Waals surface area contributed by atoms with Gasteiger partial charge in [0.15, 0.2) is 0 Å². The first kappa shape index (κ1) is 20.1. The van der Waals surface area contributed by atoms with Gasteiger partial charge in [0.2, 0.25) is 0 Å². The molecule has 0 bridgehead atoms. The van der Waals surface area contributed by atoms with Crippen molar-refractivity contribution < 1.29 is 0 Å². The fourth-order valence-electron chi connectivity index (χ4n) is 4.39. The topological polar surface area (TPSA) is 85.8 Å². The number of pyridine rings is 1. The molecule has 6 nitrogen and oxygen atoms in total. The molecule has 1 aliphatic rings. The lowest BCUT2D eigenvalue weighted by Crippen LogP contribution is -2.24. The standard InChI is InChI=1S/C24H29N5O/c1-15-16(2)23-20(24(30)29(14-28-23)19-6-4-5-7-19)11-18(15)10-17-8-9-22(27-12-17)21(25)13-26-3/h8-9,11-14,19,26H,4-7,10,25H2,1-3H3/b21-13-. The van der Waals surface area contributed by atoms with E-state index in [1.54, 1.807) is 12.5 Å². The maximum atomic E-state index is 13.2. The minimum absolute atomic E-state index is 0.0784. The summed E-state index contributed by atoms with van der Waals surface area (Å²) in [7, 11) is 1.81. The highest BCUT2D eigenvalue weighted by Crippen LogP contribution is 2.29. The molecule has 0 saturated heterocycles. The lowest BCUT2D eigenvalue weighted by Gasteiger charge is -2.16. The molecule has 2 heterocycles. The summed E-state index contributed by atoms with van der Waals surface area (Å²) in [6.07, 6.45) is 10.5. The van der Waals surface area contributed by atoms with Crippen molar-refractivity contribution in [2.75, 3.05) is 7.05 Å². The summed E-state index contributed by atoms with van der Waals surface area (Å²) in [6, 6.07) is 6.28. The molecular weight excluding hydrogens is 374 g/mol. The smallest absolute Gasteiger partial charge is 0.261 e. The van der Waals surface area contributed by atoms with Crippen LogP contribution in [0.3, 0.4) is 0 Å². The molecule has 2 aromatic heterocycles. The van der Waals surface area contributed by atoms with Gasteiger partial charge in [-0.15, -0.1) is 0 Å². The van der Waals surface area contributed by atoms with Crippen LogP contribution < -0.4 is 16.6 Å². The van der Waals surface area contributed by atoms with E-state index in [0.29, 0.717) is 17.5 Å². The molecule has 0 unspecified atom stereocenters. The molecular formula is C24H29N5O. The van der Waals surface area contributed by atoms with Crippen LogP contribution in [-0.2, 0) is 6.42 Å². The molecule has 0 aliphatic heterocycles. The van der Waals surface area contributed by atoms with Crippen molar-refractivity contribution in [3.63, 3.8) is 0 Å². The number of nitrogens with one attached hydrogen (secondary N) is 1. The highest BCUT2D eigenvalue weighted by Gasteiger charge is 2.20.